The smallest absolute Gasteiger partial charge is 0.283 e. The topological polar surface area (TPSA) is 128 Å². The SMILES string of the molecule is C#Cc1ccc2[nH]c(S(=O)(=O)N3CCN(C(=O)c4nc5c(s4)CNC(C)C5)C(CC(=O)N4CCOCC4)C3)cc2c1. The first-order valence-electron chi connectivity index (χ1n) is 13.7. The summed E-state index contributed by atoms with van der Waals surface area (Å²) in [6, 6.07) is 6.48. The van der Waals surface area contributed by atoms with E-state index >= 15 is 0 Å². The van der Waals surface area contributed by atoms with E-state index in [1.54, 1.807) is 34.1 Å². The van der Waals surface area contributed by atoms with Gasteiger partial charge in [-0.25, -0.2) is 13.4 Å². The number of aromatic amines is 1. The van der Waals surface area contributed by atoms with Crippen LogP contribution in [0.3, 0.4) is 0 Å². The quantitative estimate of drug-likeness (QED) is 0.427. The minimum Gasteiger partial charge on any atom is -0.378 e. The van der Waals surface area contributed by atoms with Crippen molar-refractivity contribution in [3.05, 3.63) is 45.4 Å². The summed E-state index contributed by atoms with van der Waals surface area (Å²) in [5, 5.41) is 4.52. The number of carbonyl (C=O) groups is 2. The second-order valence-corrected chi connectivity index (χ2v) is 13.7. The number of sulfonamides is 1. The zero-order valence-electron chi connectivity index (χ0n) is 22.8. The number of hydrogen-bond acceptors (Lipinski definition) is 8. The van der Waals surface area contributed by atoms with Crippen LogP contribution in [0.1, 0.15) is 39.3 Å². The Hall–Kier alpha value is -3.28. The molecule has 13 heteroatoms. The van der Waals surface area contributed by atoms with Gasteiger partial charge in [0.05, 0.1) is 24.9 Å². The fourth-order valence-electron chi connectivity index (χ4n) is 5.63. The van der Waals surface area contributed by atoms with E-state index < -0.39 is 16.1 Å². The largest absolute Gasteiger partial charge is 0.378 e. The zero-order valence-corrected chi connectivity index (χ0v) is 24.4. The number of ether oxygens (including phenoxy) is 1. The van der Waals surface area contributed by atoms with E-state index in [1.165, 1.54) is 15.6 Å². The maximum Gasteiger partial charge on any atom is 0.283 e. The molecule has 11 nitrogen and oxygen atoms in total. The number of benzene rings is 1. The number of morpholine rings is 1. The molecule has 0 saturated carbocycles. The molecule has 0 radical (unpaired) electrons. The Morgan fingerprint density at radius 1 is 1.20 bits per heavy atom. The van der Waals surface area contributed by atoms with Gasteiger partial charge in [0.15, 0.2) is 5.01 Å². The number of terminal acetylenes is 1. The van der Waals surface area contributed by atoms with Crippen molar-refractivity contribution in [1.82, 2.24) is 29.4 Å². The Labute approximate surface area is 242 Å². The van der Waals surface area contributed by atoms with Gasteiger partial charge in [-0.2, -0.15) is 4.31 Å². The molecule has 3 aliphatic heterocycles. The number of fused-ring (bicyclic) bond motifs is 2. The maximum atomic E-state index is 13.8. The molecule has 0 spiro atoms. The van der Waals surface area contributed by atoms with E-state index in [9.17, 15) is 18.0 Å². The predicted octanol–water partition coefficient (Wildman–Crippen LogP) is 1.40. The average molecular weight is 597 g/mol. The highest BCUT2D eigenvalue weighted by Gasteiger charge is 2.40. The standard InChI is InChI=1S/C28H32N6O5S2/c1-3-19-4-5-22-20(13-19)14-25(30-22)41(37,38)33-6-7-34(21(17-33)15-26(35)32-8-10-39-11-9-32)28(36)27-31-23-12-18(2)29-16-24(23)40-27/h1,4-5,13-14,18,21,29-30H,6-12,15-17H2,2H3. The summed E-state index contributed by atoms with van der Waals surface area (Å²) in [6.07, 6.45) is 6.27. The molecule has 3 aromatic rings. The molecule has 2 aromatic heterocycles. The highest BCUT2D eigenvalue weighted by atomic mass is 32.2. The van der Waals surface area contributed by atoms with E-state index in [2.05, 4.69) is 28.1 Å². The highest BCUT2D eigenvalue weighted by molar-refractivity contribution is 7.89. The molecular weight excluding hydrogens is 564 g/mol. The third-order valence-corrected chi connectivity index (χ3v) is 10.8. The summed E-state index contributed by atoms with van der Waals surface area (Å²) in [4.78, 5) is 39.1. The second-order valence-electron chi connectivity index (χ2n) is 10.7. The van der Waals surface area contributed by atoms with Crippen LogP contribution in [0.15, 0.2) is 29.3 Å². The minimum absolute atomic E-state index is 0.00119. The van der Waals surface area contributed by atoms with Crippen molar-refractivity contribution >= 4 is 44.1 Å². The van der Waals surface area contributed by atoms with E-state index in [1.807, 2.05) is 0 Å². The summed E-state index contributed by atoms with van der Waals surface area (Å²) >= 11 is 1.37. The maximum absolute atomic E-state index is 13.8. The number of H-pyrrole nitrogens is 1. The first kappa shape index (κ1) is 27.9. The number of hydrogen-bond donors (Lipinski definition) is 2. The summed E-state index contributed by atoms with van der Waals surface area (Å²) in [6.45, 7) is 4.86. The van der Waals surface area contributed by atoms with Gasteiger partial charge in [-0.05, 0) is 31.2 Å². The first-order chi connectivity index (χ1) is 19.7. The van der Waals surface area contributed by atoms with Gasteiger partial charge in [0.1, 0.15) is 5.03 Å². The van der Waals surface area contributed by atoms with Crippen LogP contribution >= 0.6 is 11.3 Å². The van der Waals surface area contributed by atoms with Crippen LogP contribution in [-0.4, -0.2) is 102 Å². The Morgan fingerprint density at radius 3 is 2.78 bits per heavy atom. The molecule has 41 heavy (non-hydrogen) atoms. The van der Waals surface area contributed by atoms with Gasteiger partial charge in [0, 0.05) is 79.5 Å². The van der Waals surface area contributed by atoms with Crippen LogP contribution in [0.25, 0.3) is 10.9 Å². The number of amides is 2. The van der Waals surface area contributed by atoms with Crippen LogP contribution in [0.2, 0.25) is 0 Å². The number of piperazine rings is 1. The lowest BCUT2D eigenvalue weighted by Gasteiger charge is -2.41. The van der Waals surface area contributed by atoms with Crippen molar-refractivity contribution < 1.29 is 22.7 Å². The lowest BCUT2D eigenvalue weighted by atomic mass is 10.1. The molecule has 2 unspecified atom stereocenters. The third-order valence-electron chi connectivity index (χ3n) is 7.93. The Morgan fingerprint density at radius 2 is 2.00 bits per heavy atom. The molecule has 2 N–H and O–H groups in total. The van der Waals surface area contributed by atoms with Crippen molar-refractivity contribution in [2.75, 3.05) is 45.9 Å². The van der Waals surface area contributed by atoms with Crippen LogP contribution in [0, 0.1) is 12.3 Å². The minimum atomic E-state index is -3.94. The van der Waals surface area contributed by atoms with Gasteiger partial charge < -0.3 is 24.8 Å². The third kappa shape index (κ3) is 5.50. The molecule has 2 saturated heterocycles. The lowest BCUT2D eigenvalue weighted by Crippen LogP contribution is -2.58. The Kier molecular flexibility index (Phi) is 7.60. The molecule has 1 aromatic carbocycles. The Balaban J connectivity index is 1.27. The number of nitrogens with zero attached hydrogens (tertiary/aromatic N) is 4. The average Bonchev–Trinajstić information content (AvgIpc) is 3.61. The predicted molar refractivity (Wildman–Crippen MR) is 154 cm³/mol. The molecule has 5 heterocycles. The molecule has 6 rings (SSSR count). The van der Waals surface area contributed by atoms with Crippen LogP contribution < -0.4 is 5.32 Å². The molecule has 2 fully saturated rings. The molecule has 3 aliphatic rings. The first-order valence-corrected chi connectivity index (χ1v) is 16.0. The van der Waals surface area contributed by atoms with Crippen molar-refractivity contribution in [2.24, 2.45) is 0 Å². The summed E-state index contributed by atoms with van der Waals surface area (Å²) in [7, 11) is -3.94. The second kappa shape index (κ2) is 11.2. The van der Waals surface area contributed by atoms with Crippen molar-refractivity contribution in [3.8, 4) is 12.3 Å². The molecular formula is C28H32N6O5S2. The normalized spacial score (nSPS) is 22.0. The van der Waals surface area contributed by atoms with E-state index in [-0.39, 0.29) is 48.9 Å². The van der Waals surface area contributed by atoms with Gasteiger partial charge in [0.2, 0.25) is 5.91 Å². The number of rotatable bonds is 5. The summed E-state index contributed by atoms with van der Waals surface area (Å²) < 4.78 is 34.3. The number of aromatic nitrogens is 2. The monoisotopic (exact) mass is 596 g/mol. The van der Waals surface area contributed by atoms with Crippen LogP contribution in [0.5, 0.6) is 0 Å². The van der Waals surface area contributed by atoms with E-state index in [0.717, 1.165) is 17.0 Å². The van der Waals surface area contributed by atoms with Crippen molar-refractivity contribution in [3.63, 3.8) is 0 Å². The Bertz CT molecular complexity index is 1630. The molecule has 216 valence electrons. The fraction of sp³-hybridized carbons (Fsp3) is 0.464. The summed E-state index contributed by atoms with van der Waals surface area (Å²) in [5.41, 5.74) is 2.24. The number of carbonyl (C=O) groups excluding carboxylic acids is 2. The number of nitrogens with one attached hydrogen (secondary N) is 2. The highest BCUT2D eigenvalue weighted by Crippen LogP contribution is 2.29. The lowest BCUT2D eigenvalue weighted by molar-refractivity contribution is -0.136. The van der Waals surface area contributed by atoms with E-state index in [4.69, 9.17) is 11.2 Å². The molecule has 0 aliphatic carbocycles. The van der Waals surface area contributed by atoms with Crippen molar-refractivity contribution in [2.45, 2.75) is 43.4 Å². The van der Waals surface area contributed by atoms with Crippen LogP contribution in [-0.2, 0) is 32.5 Å². The molecule has 0 bridgehead atoms. The van der Waals surface area contributed by atoms with Gasteiger partial charge in [-0.1, -0.05) is 5.92 Å². The summed E-state index contributed by atoms with van der Waals surface area (Å²) in [5.74, 6) is 2.18. The van der Waals surface area contributed by atoms with Crippen LogP contribution in [0.4, 0.5) is 0 Å². The zero-order chi connectivity index (χ0) is 28.7. The van der Waals surface area contributed by atoms with Gasteiger partial charge in [-0.3, -0.25) is 9.59 Å². The van der Waals surface area contributed by atoms with Gasteiger partial charge in [-0.15, -0.1) is 17.8 Å². The fourth-order valence-corrected chi connectivity index (χ4v) is 8.11. The molecule has 2 amide bonds. The van der Waals surface area contributed by atoms with Gasteiger partial charge in [0.25, 0.3) is 15.9 Å². The molecule has 2 atom stereocenters. The van der Waals surface area contributed by atoms with E-state index in [0.29, 0.717) is 54.3 Å². The van der Waals surface area contributed by atoms with Crippen molar-refractivity contribution in [1.29, 1.82) is 0 Å². The number of thiazole rings is 1. The van der Waals surface area contributed by atoms with Gasteiger partial charge >= 0.3 is 0 Å².